The maximum absolute atomic E-state index is 13.6. The zero-order valence-electron chi connectivity index (χ0n) is 10.6. The standard InChI is InChI=1S/C15H9BrF2N2S/c16-13-9(5-6-10(17)14(13)18)15-20-12(7-21-15)8-3-1-2-4-11(8)19/h1-7H,19H2. The van der Waals surface area contributed by atoms with E-state index in [0.717, 1.165) is 11.6 Å². The van der Waals surface area contributed by atoms with Crippen LogP contribution in [0.4, 0.5) is 14.5 Å². The number of nitrogens with two attached hydrogens (primary N) is 1. The van der Waals surface area contributed by atoms with Crippen LogP contribution in [0.25, 0.3) is 21.8 Å². The van der Waals surface area contributed by atoms with Crippen molar-refractivity contribution < 1.29 is 8.78 Å². The number of nitrogens with zero attached hydrogens (tertiary/aromatic N) is 1. The van der Waals surface area contributed by atoms with Crippen molar-refractivity contribution in [3.8, 4) is 21.8 Å². The van der Waals surface area contributed by atoms with Crippen LogP contribution in [0.15, 0.2) is 46.3 Å². The maximum Gasteiger partial charge on any atom is 0.173 e. The Bertz CT molecular complexity index is 817. The van der Waals surface area contributed by atoms with Crippen LogP contribution in [0.1, 0.15) is 0 Å². The summed E-state index contributed by atoms with van der Waals surface area (Å²) < 4.78 is 26.8. The van der Waals surface area contributed by atoms with E-state index in [1.807, 2.05) is 23.6 Å². The second-order valence-electron chi connectivity index (χ2n) is 4.35. The monoisotopic (exact) mass is 366 g/mol. The SMILES string of the molecule is Nc1ccccc1-c1csc(-c2ccc(F)c(F)c2Br)n1. The van der Waals surface area contributed by atoms with E-state index < -0.39 is 11.6 Å². The second kappa shape index (κ2) is 5.54. The summed E-state index contributed by atoms with van der Waals surface area (Å²) in [5, 5.41) is 2.44. The molecule has 0 aliphatic rings. The highest BCUT2D eigenvalue weighted by Crippen LogP contribution is 2.36. The van der Waals surface area contributed by atoms with Gasteiger partial charge in [-0.1, -0.05) is 18.2 Å². The third-order valence-electron chi connectivity index (χ3n) is 3.01. The van der Waals surface area contributed by atoms with E-state index in [2.05, 4.69) is 20.9 Å². The molecule has 0 saturated carbocycles. The summed E-state index contributed by atoms with van der Waals surface area (Å²) in [5.41, 5.74) is 8.59. The molecule has 6 heteroatoms. The molecule has 2 N–H and O–H groups in total. The van der Waals surface area contributed by atoms with E-state index in [-0.39, 0.29) is 4.47 Å². The normalized spacial score (nSPS) is 10.8. The predicted octanol–water partition coefficient (Wildman–Crippen LogP) is 5.10. The van der Waals surface area contributed by atoms with Crippen molar-refractivity contribution in [1.82, 2.24) is 4.98 Å². The fourth-order valence-electron chi connectivity index (χ4n) is 1.94. The molecule has 0 saturated heterocycles. The van der Waals surface area contributed by atoms with Gasteiger partial charge in [-0.25, -0.2) is 13.8 Å². The Morgan fingerprint density at radius 1 is 1.05 bits per heavy atom. The number of aromatic nitrogens is 1. The van der Waals surface area contributed by atoms with Crippen LogP contribution in [-0.4, -0.2) is 4.98 Å². The van der Waals surface area contributed by atoms with Crippen LogP contribution < -0.4 is 5.73 Å². The summed E-state index contributed by atoms with van der Waals surface area (Å²) in [7, 11) is 0. The minimum atomic E-state index is -0.913. The third kappa shape index (κ3) is 2.56. The van der Waals surface area contributed by atoms with Crippen molar-refractivity contribution in [3.63, 3.8) is 0 Å². The van der Waals surface area contributed by atoms with Crippen molar-refractivity contribution >= 4 is 33.0 Å². The molecule has 0 unspecified atom stereocenters. The molecule has 0 amide bonds. The summed E-state index contributed by atoms with van der Waals surface area (Å²) >= 11 is 4.42. The van der Waals surface area contributed by atoms with Crippen LogP contribution in [0.3, 0.4) is 0 Å². The van der Waals surface area contributed by atoms with E-state index in [0.29, 0.717) is 22.0 Å². The van der Waals surface area contributed by atoms with Crippen LogP contribution in [0, 0.1) is 11.6 Å². The lowest BCUT2D eigenvalue weighted by Gasteiger charge is -2.03. The number of anilines is 1. The molecule has 3 aromatic rings. The zero-order chi connectivity index (χ0) is 15.0. The molecule has 0 aliphatic heterocycles. The van der Waals surface area contributed by atoms with Gasteiger partial charge in [0.05, 0.1) is 10.2 Å². The van der Waals surface area contributed by atoms with E-state index in [9.17, 15) is 8.78 Å². The van der Waals surface area contributed by atoms with Gasteiger partial charge in [0, 0.05) is 22.2 Å². The average Bonchev–Trinajstić information content (AvgIpc) is 2.95. The van der Waals surface area contributed by atoms with Gasteiger partial charge in [0.1, 0.15) is 5.01 Å². The van der Waals surface area contributed by atoms with E-state index >= 15 is 0 Å². The molecular formula is C15H9BrF2N2S. The number of rotatable bonds is 2. The number of halogens is 3. The summed E-state index contributed by atoms with van der Waals surface area (Å²) in [6.45, 7) is 0. The fourth-order valence-corrected chi connectivity index (χ4v) is 3.43. The Hall–Kier alpha value is -1.79. The quantitative estimate of drug-likeness (QED) is 0.506. The van der Waals surface area contributed by atoms with Crippen molar-refractivity contribution in [2.75, 3.05) is 5.73 Å². The predicted molar refractivity (Wildman–Crippen MR) is 85.0 cm³/mol. The van der Waals surface area contributed by atoms with Crippen molar-refractivity contribution in [3.05, 3.63) is 57.9 Å². The highest BCUT2D eigenvalue weighted by atomic mass is 79.9. The van der Waals surface area contributed by atoms with Gasteiger partial charge in [-0.3, -0.25) is 0 Å². The van der Waals surface area contributed by atoms with Crippen LogP contribution >= 0.6 is 27.3 Å². The second-order valence-corrected chi connectivity index (χ2v) is 6.00. The molecule has 0 fully saturated rings. The minimum Gasteiger partial charge on any atom is -0.398 e. The van der Waals surface area contributed by atoms with Gasteiger partial charge in [-0.05, 0) is 34.1 Å². The molecule has 1 heterocycles. The van der Waals surface area contributed by atoms with Gasteiger partial charge in [-0.15, -0.1) is 11.3 Å². The maximum atomic E-state index is 13.6. The first-order valence-corrected chi connectivity index (χ1v) is 7.69. The number of para-hydroxylation sites is 1. The van der Waals surface area contributed by atoms with Gasteiger partial charge in [0.15, 0.2) is 11.6 Å². The molecule has 3 rings (SSSR count). The lowest BCUT2D eigenvalue weighted by Crippen LogP contribution is -1.91. The van der Waals surface area contributed by atoms with Crippen LogP contribution in [0.2, 0.25) is 0 Å². The fraction of sp³-hybridized carbons (Fsp3) is 0. The number of hydrogen-bond acceptors (Lipinski definition) is 3. The molecule has 0 aliphatic carbocycles. The highest BCUT2D eigenvalue weighted by molar-refractivity contribution is 9.10. The number of benzene rings is 2. The molecule has 21 heavy (non-hydrogen) atoms. The Morgan fingerprint density at radius 3 is 2.57 bits per heavy atom. The summed E-state index contributed by atoms with van der Waals surface area (Å²) in [5.74, 6) is -1.81. The van der Waals surface area contributed by atoms with Gasteiger partial charge < -0.3 is 5.73 Å². The topological polar surface area (TPSA) is 38.9 Å². The van der Waals surface area contributed by atoms with Crippen LogP contribution in [0.5, 0.6) is 0 Å². The van der Waals surface area contributed by atoms with E-state index in [4.69, 9.17) is 5.73 Å². The molecule has 0 bridgehead atoms. The Labute approximate surface area is 132 Å². The largest absolute Gasteiger partial charge is 0.398 e. The lowest BCUT2D eigenvalue weighted by molar-refractivity contribution is 0.505. The van der Waals surface area contributed by atoms with Gasteiger partial charge in [0.2, 0.25) is 0 Å². The summed E-state index contributed by atoms with van der Waals surface area (Å²) in [6, 6.07) is 9.97. The van der Waals surface area contributed by atoms with Crippen LogP contribution in [-0.2, 0) is 0 Å². The summed E-state index contributed by atoms with van der Waals surface area (Å²) in [6.07, 6.45) is 0. The Balaban J connectivity index is 2.07. The molecule has 0 atom stereocenters. The first-order valence-electron chi connectivity index (χ1n) is 6.02. The molecular weight excluding hydrogens is 358 g/mol. The molecule has 1 aromatic heterocycles. The van der Waals surface area contributed by atoms with Gasteiger partial charge in [0.25, 0.3) is 0 Å². The summed E-state index contributed by atoms with van der Waals surface area (Å²) in [4.78, 5) is 4.46. The van der Waals surface area contributed by atoms with Crippen molar-refractivity contribution in [2.24, 2.45) is 0 Å². The number of nitrogen functional groups attached to an aromatic ring is 1. The average molecular weight is 367 g/mol. The lowest BCUT2D eigenvalue weighted by atomic mass is 10.1. The van der Waals surface area contributed by atoms with Gasteiger partial charge in [-0.2, -0.15) is 0 Å². The molecule has 0 radical (unpaired) electrons. The first kappa shape index (κ1) is 14.2. The van der Waals surface area contributed by atoms with Crippen molar-refractivity contribution in [2.45, 2.75) is 0 Å². The highest BCUT2D eigenvalue weighted by Gasteiger charge is 2.16. The molecule has 0 spiro atoms. The smallest absolute Gasteiger partial charge is 0.173 e. The van der Waals surface area contributed by atoms with Gasteiger partial charge >= 0.3 is 0 Å². The third-order valence-corrected chi connectivity index (χ3v) is 4.66. The number of hydrogen-bond donors (Lipinski definition) is 1. The number of thiazole rings is 1. The Kier molecular flexibility index (Phi) is 3.73. The van der Waals surface area contributed by atoms with E-state index in [1.54, 1.807) is 6.07 Å². The molecule has 106 valence electrons. The zero-order valence-corrected chi connectivity index (χ0v) is 13.0. The molecule has 2 aromatic carbocycles. The minimum absolute atomic E-state index is 0.0735. The van der Waals surface area contributed by atoms with Crippen molar-refractivity contribution in [1.29, 1.82) is 0 Å². The molecule has 2 nitrogen and oxygen atoms in total. The van der Waals surface area contributed by atoms with E-state index in [1.165, 1.54) is 17.4 Å². The first-order chi connectivity index (χ1) is 10.1. The Morgan fingerprint density at radius 2 is 1.81 bits per heavy atom.